The average molecular weight is 314 g/mol. The van der Waals surface area contributed by atoms with Gasteiger partial charge in [0.15, 0.2) is 5.78 Å². The fraction of sp³-hybridized carbons (Fsp3) is 0.136. The number of carbonyl (C=O) groups excluding carboxylic acids is 1. The lowest BCUT2D eigenvalue weighted by Gasteiger charge is -2.09. The van der Waals surface area contributed by atoms with Gasteiger partial charge in [-0.1, -0.05) is 54.6 Å². The van der Waals surface area contributed by atoms with Gasteiger partial charge in [0.25, 0.3) is 0 Å². The maximum absolute atomic E-state index is 12.0. The molecule has 24 heavy (non-hydrogen) atoms. The molecule has 1 aliphatic rings. The van der Waals surface area contributed by atoms with Crippen LogP contribution in [-0.4, -0.2) is 5.78 Å². The van der Waals surface area contributed by atoms with Crippen molar-refractivity contribution in [1.29, 1.82) is 0 Å². The summed E-state index contributed by atoms with van der Waals surface area (Å²) in [7, 11) is 0. The highest BCUT2D eigenvalue weighted by molar-refractivity contribution is 6.01. The molecule has 0 radical (unpaired) electrons. The van der Waals surface area contributed by atoms with Crippen LogP contribution >= 0.6 is 0 Å². The van der Waals surface area contributed by atoms with Crippen molar-refractivity contribution in [3.05, 3.63) is 89.5 Å². The first-order valence-electron chi connectivity index (χ1n) is 8.23. The minimum absolute atomic E-state index is 0.253. The minimum Gasteiger partial charge on any atom is -0.489 e. The van der Waals surface area contributed by atoms with E-state index in [1.165, 1.54) is 5.56 Å². The van der Waals surface area contributed by atoms with E-state index in [1.807, 2.05) is 42.5 Å². The van der Waals surface area contributed by atoms with Crippen molar-refractivity contribution < 1.29 is 9.53 Å². The second kappa shape index (κ2) is 6.32. The fourth-order valence-corrected chi connectivity index (χ4v) is 3.12. The van der Waals surface area contributed by atoms with Crippen molar-refractivity contribution in [2.24, 2.45) is 0 Å². The van der Waals surface area contributed by atoms with Crippen LogP contribution in [-0.2, 0) is 13.0 Å². The summed E-state index contributed by atoms with van der Waals surface area (Å²) >= 11 is 0. The molecule has 0 N–H and O–H groups in total. The van der Waals surface area contributed by atoms with Crippen LogP contribution < -0.4 is 4.74 Å². The Morgan fingerprint density at radius 1 is 0.792 bits per heavy atom. The molecule has 0 unspecified atom stereocenters. The van der Waals surface area contributed by atoms with E-state index in [0.29, 0.717) is 13.0 Å². The topological polar surface area (TPSA) is 26.3 Å². The zero-order chi connectivity index (χ0) is 16.4. The predicted octanol–water partition coefficient (Wildman–Crippen LogP) is 5.06. The molecule has 2 heteroatoms. The SMILES string of the molecule is O=C1CCc2ccc(-c3cccc(OCc4ccccc4)c3)cc21. The first-order valence-corrected chi connectivity index (χ1v) is 8.23. The van der Waals surface area contributed by atoms with Crippen LogP contribution in [0.4, 0.5) is 0 Å². The number of benzene rings is 3. The highest BCUT2D eigenvalue weighted by atomic mass is 16.5. The summed E-state index contributed by atoms with van der Waals surface area (Å²) in [6.45, 7) is 0.549. The van der Waals surface area contributed by atoms with Gasteiger partial charge >= 0.3 is 0 Å². The maximum Gasteiger partial charge on any atom is 0.163 e. The summed E-state index contributed by atoms with van der Waals surface area (Å²) in [6.07, 6.45) is 1.51. The standard InChI is InChI=1S/C22H18O2/c23-22-12-11-17-9-10-19(14-21(17)22)18-7-4-8-20(13-18)24-15-16-5-2-1-3-6-16/h1-10,13-14H,11-12,15H2. The number of aryl methyl sites for hydroxylation is 1. The van der Waals surface area contributed by atoms with E-state index in [0.717, 1.165) is 34.4 Å². The Hall–Kier alpha value is -2.87. The number of rotatable bonds is 4. The van der Waals surface area contributed by atoms with Crippen molar-refractivity contribution in [2.75, 3.05) is 0 Å². The predicted molar refractivity (Wildman–Crippen MR) is 95.3 cm³/mol. The van der Waals surface area contributed by atoms with Gasteiger partial charge in [-0.2, -0.15) is 0 Å². The summed E-state index contributed by atoms with van der Waals surface area (Å²) in [5.74, 6) is 1.09. The molecular formula is C22H18O2. The van der Waals surface area contributed by atoms with E-state index in [4.69, 9.17) is 4.74 Å². The molecule has 0 bridgehead atoms. The smallest absolute Gasteiger partial charge is 0.163 e. The summed E-state index contributed by atoms with van der Waals surface area (Å²) in [6, 6.07) is 24.3. The van der Waals surface area contributed by atoms with Crippen molar-refractivity contribution >= 4 is 5.78 Å². The van der Waals surface area contributed by atoms with Gasteiger partial charge < -0.3 is 4.74 Å². The molecule has 3 aromatic rings. The van der Waals surface area contributed by atoms with Crippen LogP contribution in [0.2, 0.25) is 0 Å². The Bertz CT molecular complexity index is 881. The molecule has 0 heterocycles. The van der Waals surface area contributed by atoms with Crippen LogP contribution in [0, 0.1) is 0 Å². The van der Waals surface area contributed by atoms with Gasteiger partial charge in [-0.3, -0.25) is 4.79 Å². The number of ketones is 1. The largest absolute Gasteiger partial charge is 0.489 e. The number of hydrogen-bond donors (Lipinski definition) is 0. The van der Waals surface area contributed by atoms with Crippen molar-refractivity contribution in [2.45, 2.75) is 19.4 Å². The molecule has 0 saturated carbocycles. The van der Waals surface area contributed by atoms with E-state index in [2.05, 4.69) is 30.3 Å². The van der Waals surface area contributed by atoms with Gasteiger partial charge in [0, 0.05) is 12.0 Å². The van der Waals surface area contributed by atoms with Crippen LogP contribution in [0.5, 0.6) is 5.75 Å². The number of Topliss-reactive ketones (excluding diaryl/α,β-unsaturated/α-hetero) is 1. The van der Waals surface area contributed by atoms with E-state index in [-0.39, 0.29) is 5.78 Å². The molecule has 0 amide bonds. The number of fused-ring (bicyclic) bond motifs is 1. The number of ether oxygens (including phenoxy) is 1. The molecule has 0 aliphatic heterocycles. The van der Waals surface area contributed by atoms with Gasteiger partial charge in [-0.25, -0.2) is 0 Å². The molecule has 4 rings (SSSR count). The maximum atomic E-state index is 12.0. The Morgan fingerprint density at radius 2 is 1.62 bits per heavy atom. The van der Waals surface area contributed by atoms with E-state index < -0.39 is 0 Å². The molecule has 0 spiro atoms. The van der Waals surface area contributed by atoms with Crippen LogP contribution in [0.1, 0.15) is 27.9 Å². The molecule has 0 atom stereocenters. The monoisotopic (exact) mass is 314 g/mol. The highest BCUT2D eigenvalue weighted by Crippen LogP contribution is 2.30. The number of hydrogen-bond acceptors (Lipinski definition) is 2. The van der Waals surface area contributed by atoms with Crippen LogP contribution in [0.15, 0.2) is 72.8 Å². The Morgan fingerprint density at radius 3 is 2.50 bits per heavy atom. The lowest BCUT2D eigenvalue weighted by atomic mass is 10.0. The zero-order valence-corrected chi connectivity index (χ0v) is 13.4. The Labute approximate surface area is 141 Å². The summed E-state index contributed by atoms with van der Waals surface area (Å²) in [4.78, 5) is 12.0. The van der Waals surface area contributed by atoms with E-state index in [1.54, 1.807) is 0 Å². The fourth-order valence-electron chi connectivity index (χ4n) is 3.12. The minimum atomic E-state index is 0.253. The first kappa shape index (κ1) is 14.7. The molecular weight excluding hydrogens is 296 g/mol. The Balaban J connectivity index is 1.57. The average Bonchev–Trinajstić information content (AvgIpc) is 3.02. The second-order valence-corrected chi connectivity index (χ2v) is 6.10. The summed E-state index contributed by atoms with van der Waals surface area (Å²) < 4.78 is 5.90. The lowest BCUT2D eigenvalue weighted by molar-refractivity contribution is 0.0994. The third-order valence-electron chi connectivity index (χ3n) is 4.45. The highest BCUT2D eigenvalue weighted by Gasteiger charge is 2.19. The van der Waals surface area contributed by atoms with Crippen molar-refractivity contribution in [3.8, 4) is 16.9 Å². The second-order valence-electron chi connectivity index (χ2n) is 6.10. The van der Waals surface area contributed by atoms with Crippen LogP contribution in [0.3, 0.4) is 0 Å². The molecule has 1 aliphatic carbocycles. The van der Waals surface area contributed by atoms with Gasteiger partial charge in [0.2, 0.25) is 0 Å². The zero-order valence-electron chi connectivity index (χ0n) is 13.4. The van der Waals surface area contributed by atoms with Gasteiger partial charge in [-0.05, 0) is 46.9 Å². The van der Waals surface area contributed by atoms with E-state index in [9.17, 15) is 4.79 Å². The van der Waals surface area contributed by atoms with Crippen molar-refractivity contribution in [1.82, 2.24) is 0 Å². The molecule has 0 fully saturated rings. The van der Waals surface area contributed by atoms with Crippen molar-refractivity contribution in [3.63, 3.8) is 0 Å². The molecule has 0 saturated heterocycles. The molecule has 3 aromatic carbocycles. The molecule has 0 aromatic heterocycles. The Kier molecular flexibility index (Phi) is 3.87. The molecule has 2 nitrogen and oxygen atoms in total. The number of carbonyl (C=O) groups is 1. The third-order valence-corrected chi connectivity index (χ3v) is 4.45. The van der Waals surface area contributed by atoms with Gasteiger partial charge in [-0.15, -0.1) is 0 Å². The molecule has 118 valence electrons. The first-order chi connectivity index (χ1) is 11.8. The summed E-state index contributed by atoms with van der Waals surface area (Å²) in [5.41, 5.74) is 5.33. The lowest BCUT2D eigenvalue weighted by Crippen LogP contribution is -1.95. The summed E-state index contributed by atoms with van der Waals surface area (Å²) in [5, 5.41) is 0. The van der Waals surface area contributed by atoms with E-state index >= 15 is 0 Å². The van der Waals surface area contributed by atoms with Gasteiger partial charge in [0.1, 0.15) is 12.4 Å². The quantitative estimate of drug-likeness (QED) is 0.672. The van der Waals surface area contributed by atoms with Crippen LogP contribution in [0.25, 0.3) is 11.1 Å². The normalized spacial score (nSPS) is 12.9. The van der Waals surface area contributed by atoms with Gasteiger partial charge in [0.05, 0.1) is 0 Å². The third kappa shape index (κ3) is 2.95.